The van der Waals surface area contributed by atoms with Gasteiger partial charge < -0.3 is 0 Å². The van der Waals surface area contributed by atoms with E-state index in [2.05, 4.69) is 431 Å². The fraction of sp³-hybridized carbons (Fsp3) is 0. The summed E-state index contributed by atoms with van der Waals surface area (Å²) < 4.78 is 0. The number of hydrogen-bond donors (Lipinski definition) is 0. The molecule has 0 aliphatic carbocycles. The quantitative estimate of drug-likeness (QED) is 0.0981. The molecule has 0 atom stereocenters. The first kappa shape index (κ1) is 82.6. The predicted octanol–water partition coefficient (Wildman–Crippen LogP) is 33.3. The van der Waals surface area contributed by atoms with E-state index in [1.54, 1.807) is 0 Å². The third kappa shape index (κ3) is 16.5. The van der Waals surface area contributed by atoms with Crippen molar-refractivity contribution in [2.24, 2.45) is 0 Å². The molecule has 3 heterocycles. The molecule has 0 aliphatic rings. The van der Waals surface area contributed by atoms with Gasteiger partial charge in [-0.2, -0.15) is 0 Å². The monoisotopic (exact) mass is 1760 g/mol. The maximum atomic E-state index is 5.25. The summed E-state index contributed by atoms with van der Waals surface area (Å²) in [5.74, 6) is 5.85. The summed E-state index contributed by atoms with van der Waals surface area (Å²) >= 11 is 0. The third-order valence-electron chi connectivity index (χ3n) is 26.0. The van der Waals surface area contributed by atoms with Crippen molar-refractivity contribution < 1.29 is 0 Å². The standard InChI is InChI=1S/2C45H29N3.C39H25N3/c1-3-14-31(15-4-1)41-29-36(25-26-38(41)35-24-23-30-13-7-8-18-33(30)27-35)44-46-43(32-16-5-2-6-17-32)47-45(48-44)42-28-34-19-9-10-20-37(34)39-21-11-12-22-40(39)42;1-3-13-30(14-4-1)36-26-37(34-24-23-31-15-7-8-18-33(31)25-34)28-38(27-36)44-46-43(32-16-5-2-6-17-32)47-45(48-44)42-29-35-19-9-10-20-39(35)40-21-11-12-22-41(40)42;1-3-11-26(12-4-1)28-19-20-30-24-32(22-21-29(30)23-28)38-40-37(27-13-5-2-6-14-27)41-39(42-38)36-25-31-15-7-8-16-33(31)34-17-9-10-18-35(34)36/h2*1-29H;1-25H. The van der Waals surface area contributed by atoms with Crippen LogP contribution in [0.2, 0.25) is 0 Å². The Morgan fingerprint density at radius 1 is 0.0870 bits per heavy atom. The lowest BCUT2D eigenvalue weighted by molar-refractivity contribution is 1.08. The molecule has 0 spiro atoms. The zero-order valence-electron chi connectivity index (χ0n) is 74.9. The van der Waals surface area contributed by atoms with Gasteiger partial charge in [-0.05, 0) is 219 Å². The number of nitrogens with zero attached hydrogens (tertiary/aromatic N) is 9. The van der Waals surface area contributed by atoms with Crippen LogP contribution in [0.1, 0.15) is 0 Å². The van der Waals surface area contributed by atoms with E-state index in [0.29, 0.717) is 52.4 Å². The van der Waals surface area contributed by atoms with Gasteiger partial charge in [0.05, 0.1) is 0 Å². The molecule has 0 radical (unpaired) electrons. The molecule has 0 saturated carbocycles. The van der Waals surface area contributed by atoms with Crippen LogP contribution in [0.5, 0.6) is 0 Å². The van der Waals surface area contributed by atoms with Crippen LogP contribution in [0.15, 0.2) is 504 Å². The van der Waals surface area contributed by atoms with Crippen molar-refractivity contribution in [2.45, 2.75) is 0 Å². The van der Waals surface area contributed by atoms with Gasteiger partial charge >= 0.3 is 0 Å². The van der Waals surface area contributed by atoms with E-state index in [4.69, 9.17) is 44.9 Å². The van der Waals surface area contributed by atoms with Gasteiger partial charge in [-0.15, -0.1) is 0 Å². The lowest BCUT2D eigenvalue weighted by Crippen LogP contribution is -2.01. The zero-order chi connectivity index (χ0) is 91.6. The Morgan fingerprint density at radius 2 is 0.319 bits per heavy atom. The Hall–Kier alpha value is -18.6. The van der Waals surface area contributed by atoms with E-state index in [1.165, 1.54) is 75.9 Å². The first-order valence-electron chi connectivity index (χ1n) is 46.5. The second-order valence-electron chi connectivity index (χ2n) is 34.6. The fourth-order valence-electron chi connectivity index (χ4n) is 19.2. The maximum Gasteiger partial charge on any atom is 0.164 e. The summed E-state index contributed by atoms with van der Waals surface area (Å²) in [5, 5.41) is 21.2. The van der Waals surface area contributed by atoms with Gasteiger partial charge in [0.25, 0.3) is 0 Å². The molecule has 0 amide bonds. The predicted molar refractivity (Wildman–Crippen MR) is 573 cm³/mol. The van der Waals surface area contributed by atoms with Gasteiger partial charge in [0, 0.05) is 50.1 Å². The van der Waals surface area contributed by atoms with Gasteiger partial charge in [-0.3, -0.25) is 0 Å². The summed E-state index contributed by atoms with van der Waals surface area (Å²) in [6.07, 6.45) is 0. The van der Waals surface area contributed by atoms with Crippen molar-refractivity contribution in [2.75, 3.05) is 0 Å². The van der Waals surface area contributed by atoms with Crippen LogP contribution in [0.3, 0.4) is 0 Å². The van der Waals surface area contributed by atoms with Gasteiger partial charge in [-0.1, -0.05) is 437 Å². The Bertz CT molecular complexity index is 9140. The SMILES string of the molecule is c1ccc(-c2cc(-c3ccc4ccccc4c3)cc(-c3nc(-c4ccccc4)nc(-c4cc5ccccc5c5ccccc45)n3)c2)cc1.c1ccc(-c2ccc3cc(-c4nc(-c5ccccc5)nc(-c5cc6ccccc6c6ccccc56)n4)ccc3c2)cc1.c1ccc(-c2nc(-c3ccc(-c4ccc5ccccc5c4)c(-c4ccccc4)c3)nc(-c3cc4ccccc4c4ccccc34)n2)cc1. The summed E-state index contributed by atoms with van der Waals surface area (Å²) in [7, 11) is 0. The van der Waals surface area contributed by atoms with E-state index in [-0.39, 0.29) is 0 Å². The second kappa shape index (κ2) is 36.5. The lowest BCUT2D eigenvalue weighted by Gasteiger charge is -2.15. The molecular weight excluding hydrogens is 1680 g/mol. The van der Waals surface area contributed by atoms with Crippen molar-refractivity contribution >= 4 is 97.0 Å². The molecule has 644 valence electrons. The summed E-state index contributed by atoms with van der Waals surface area (Å²) in [6.45, 7) is 0. The summed E-state index contributed by atoms with van der Waals surface area (Å²) in [4.78, 5) is 46.1. The Kier molecular flexibility index (Phi) is 21.9. The van der Waals surface area contributed by atoms with Crippen LogP contribution in [0, 0.1) is 0 Å². The molecule has 9 nitrogen and oxygen atoms in total. The van der Waals surface area contributed by atoms with Crippen LogP contribution in [-0.4, -0.2) is 44.9 Å². The minimum absolute atomic E-state index is 0.635. The van der Waals surface area contributed by atoms with E-state index >= 15 is 0 Å². The number of rotatable bonds is 14. The molecule has 26 rings (SSSR count). The molecular formula is C129H83N9. The highest BCUT2D eigenvalue weighted by Gasteiger charge is 2.24. The summed E-state index contributed by atoms with van der Waals surface area (Å²) in [6, 6.07) is 176. The topological polar surface area (TPSA) is 116 Å². The van der Waals surface area contributed by atoms with Crippen LogP contribution < -0.4 is 0 Å². The molecule has 26 aromatic rings. The first-order chi connectivity index (χ1) is 68.3. The molecule has 23 aromatic carbocycles. The highest BCUT2D eigenvalue weighted by atomic mass is 15.1. The normalized spacial score (nSPS) is 11.3. The zero-order valence-corrected chi connectivity index (χ0v) is 74.9. The van der Waals surface area contributed by atoms with Crippen LogP contribution in [-0.2, 0) is 0 Å². The molecule has 9 heteroatoms. The van der Waals surface area contributed by atoms with Crippen molar-refractivity contribution in [3.8, 4) is 158 Å². The third-order valence-corrected chi connectivity index (χ3v) is 26.0. The smallest absolute Gasteiger partial charge is 0.164 e. The fourth-order valence-corrected chi connectivity index (χ4v) is 19.2. The molecule has 0 aliphatic heterocycles. The maximum absolute atomic E-state index is 5.25. The highest BCUT2D eigenvalue weighted by Crippen LogP contribution is 2.44. The van der Waals surface area contributed by atoms with E-state index in [1.807, 2.05) is 72.8 Å². The van der Waals surface area contributed by atoms with Crippen LogP contribution >= 0.6 is 0 Å². The van der Waals surface area contributed by atoms with Crippen molar-refractivity contribution in [1.29, 1.82) is 0 Å². The molecule has 138 heavy (non-hydrogen) atoms. The molecule has 0 fully saturated rings. The summed E-state index contributed by atoms with van der Waals surface area (Å²) in [5.41, 5.74) is 20.2. The average molecular weight is 1760 g/mol. The van der Waals surface area contributed by atoms with Crippen LogP contribution in [0.4, 0.5) is 0 Å². The highest BCUT2D eigenvalue weighted by molar-refractivity contribution is 6.16. The molecule has 0 unspecified atom stereocenters. The van der Waals surface area contributed by atoms with Gasteiger partial charge in [-0.25, -0.2) is 44.9 Å². The van der Waals surface area contributed by atoms with E-state index in [0.717, 1.165) is 127 Å². The number of hydrogen-bond acceptors (Lipinski definition) is 9. The number of fused-ring (bicyclic) bond motifs is 12. The molecule has 0 saturated heterocycles. The van der Waals surface area contributed by atoms with Crippen molar-refractivity contribution in [3.05, 3.63) is 504 Å². The number of aromatic nitrogens is 9. The Labute approximate surface area is 797 Å². The molecule has 0 bridgehead atoms. The van der Waals surface area contributed by atoms with Gasteiger partial charge in [0.1, 0.15) is 0 Å². The van der Waals surface area contributed by atoms with Crippen molar-refractivity contribution in [1.82, 2.24) is 44.9 Å². The largest absolute Gasteiger partial charge is 0.208 e. The lowest BCUT2D eigenvalue weighted by atomic mass is 9.91. The van der Waals surface area contributed by atoms with Gasteiger partial charge in [0.2, 0.25) is 0 Å². The van der Waals surface area contributed by atoms with Crippen molar-refractivity contribution in [3.63, 3.8) is 0 Å². The second-order valence-corrected chi connectivity index (χ2v) is 34.6. The average Bonchev–Trinajstić information content (AvgIpc) is 0.758. The first-order valence-corrected chi connectivity index (χ1v) is 46.5. The van der Waals surface area contributed by atoms with Crippen LogP contribution in [0.25, 0.3) is 255 Å². The number of benzene rings is 23. The molecule has 0 N–H and O–H groups in total. The Balaban J connectivity index is 0.000000113. The minimum Gasteiger partial charge on any atom is -0.208 e. The van der Waals surface area contributed by atoms with E-state index < -0.39 is 0 Å². The van der Waals surface area contributed by atoms with E-state index in [9.17, 15) is 0 Å². The molecule has 3 aromatic heterocycles. The minimum atomic E-state index is 0.635. The Morgan fingerprint density at radius 3 is 0.717 bits per heavy atom. The van der Waals surface area contributed by atoms with Gasteiger partial charge in [0.15, 0.2) is 52.4 Å².